The average Bonchev–Trinajstić information content (AvgIpc) is 3.18. The van der Waals surface area contributed by atoms with Crippen LogP contribution in [0.3, 0.4) is 0 Å². The Morgan fingerprint density at radius 2 is 1.64 bits per heavy atom. The topological polar surface area (TPSA) is 130 Å². The summed E-state index contributed by atoms with van der Waals surface area (Å²) >= 11 is 5.92. The molecule has 1 aromatic heterocycles. The van der Waals surface area contributed by atoms with Crippen LogP contribution in [0, 0.1) is 5.82 Å². The maximum Gasteiger partial charge on any atom is 0.348 e. The second-order valence-electron chi connectivity index (χ2n) is 15.6. The van der Waals surface area contributed by atoms with Crippen LogP contribution >= 0.6 is 11.6 Å². The quantitative estimate of drug-likeness (QED) is 0.0717. The lowest BCUT2D eigenvalue weighted by atomic mass is 9.84. The van der Waals surface area contributed by atoms with E-state index < -0.39 is 16.8 Å². The number of benzene rings is 4. The molecule has 1 saturated heterocycles. The first-order chi connectivity index (χ1) is 27.6. The number of aromatic hydroxyl groups is 2. The molecule has 4 aromatic carbocycles. The van der Waals surface area contributed by atoms with Crippen LogP contribution < -0.4 is 15.1 Å². The number of phenolic OH excluding ortho intramolecular Hbond substituents is 1. The molecule has 0 aliphatic carbocycles. The van der Waals surface area contributed by atoms with Crippen molar-refractivity contribution in [1.82, 2.24) is 4.90 Å². The number of halogens is 2. The van der Waals surface area contributed by atoms with Gasteiger partial charge >= 0.3 is 5.63 Å². The molecule has 2 aliphatic heterocycles. The van der Waals surface area contributed by atoms with Gasteiger partial charge in [0.2, 0.25) is 0 Å². The van der Waals surface area contributed by atoms with E-state index >= 15 is 0 Å². The number of likely N-dealkylation sites (tertiary alicyclic amines) is 1. The Labute approximate surface area is 342 Å². The van der Waals surface area contributed by atoms with Crippen molar-refractivity contribution in [3.8, 4) is 34.1 Å². The van der Waals surface area contributed by atoms with Crippen molar-refractivity contribution >= 4 is 34.4 Å². The minimum Gasteiger partial charge on any atom is -0.508 e. The number of phenols is 1. The summed E-state index contributed by atoms with van der Waals surface area (Å²) in [5.41, 5.74) is 2.52. The monoisotopic (exact) mass is 809 g/mol. The van der Waals surface area contributed by atoms with E-state index in [0.717, 1.165) is 42.8 Å². The van der Waals surface area contributed by atoms with Gasteiger partial charge in [0.25, 0.3) is 0 Å². The number of methoxy groups -OCH3 is 1. The highest BCUT2D eigenvalue weighted by Crippen LogP contribution is 2.49. The summed E-state index contributed by atoms with van der Waals surface area (Å²) in [5, 5.41) is 32.7. The Balaban J connectivity index is 0.000000200. The minimum absolute atomic E-state index is 0.00458. The zero-order valence-electron chi connectivity index (χ0n) is 33.4. The number of ketones is 1. The summed E-state index contributed by atoms with van der Waals surface area (Å²) in [6, 6.07) is 19.1. The van der Waals surface area contributed by atoms with E-state index in [1.165, 1.54) is 43.5 Å². The number of aliphatic hydroxyl groups is 1. The molecule has 0 bridgehead atoms. The summed E-state index contributed by atoms with van der Waals surface area (Å²) in [5.74, 6) is 0.489. The molecule has 3 heterocycles. The van der Waals surface area contributed by atoms with Crippen molar-refractivity contribution in [3.63, 3.8) is 0 Å². The molecule has 0 radical (unpaired) electrons. The van der Waals surface area contributed by atoms with Crippen LogP contribution in [0.1, 0.15) is 80.4 Å². The van der Waals surface area contributed by atoms with Crippen LogP contribution in [0.15, 0.2) is 99.7 Å². The number of Topliss-reactive ketones (excluding diaryl/α,β-unsaturated/α-hetero) is 1. The van der Waals surface area contributed by atoms with Crippen LogP contribution in [-0.4, -0.2) is 58.3 Å². The Morgan fingerprint density at radius 3 is 2.26 bits per heavy atom. The highest BCUT2D eigenvalue weighted by atomic mass is 35.5. The number of hydrogen-bond acceptors (Lipinski definition) is 9. The third kappa shape index (κ3) is 9.47. The largest absolute Gasteiger partial charge is 0.508 e. The number of carbonyl (C=O) groups excluding carboxylic acids is 1. The number of nitrogens with zero attached hydrogens (tertiary/aromatic N) is 1. The summed E-state index contributed by atoms with van der Waals surface area (Å²) in [6.07, 6.45) is 8.85. The van der Waals surface area contributed by atoms with Gasteiger partial charge in [-0.1, -0.05) is 47.5 Å². The molecule has 3 N–H and O–H groups in total. The molecule has 11 heteroatoms. The summed E-state index contributed by atoms with van der Waals surface area (Å²) in [7, 11) is 1.52. The van der Waals surface area contributed by atoms with E-state index in [2.05, 4.69) is 11.0 Å². The predicted molar refractivity (Wildman–Crippen MR) is 226 cm³/mol. The normalized spacial score (nSPS) is 15.4. The van der Waals surface area contributed by atoms with Crippen molar-refractivity contribution in [2.75, 3.05) is 26.7 Å². The van der Waals surface area contributed by atoms with Gasteiger partial charge in [-0.05, 0) is 132 Å². The lowest BCUT2D eigenvalue weighted by Gasteiger charge is -2.38. The van der Waals surface area contributed by atoms with Gasteiger partial charge < -0.3 is 34.1 Å². The molecule has 0 spiro atoms. The Morgan fingerprint density at radius 1 is 0.983 bits per heavy atom. The van der Waals surface area contributed by atoms with Crippen molar-refractivity contribution < 1.29 is 38.4 Å². The molecule has 0 unspecified atom stereocenters. The molecule has 58 heavy (non-hydrogen) atoms. The predicted octanol–water partition coefficient (Wildman–Crippen LogP) is 10.00. The van der Waals surface area contributed by atoms with Crippen LogP contribution in [-0.2, 0) is 12.0 Å². The van der Waals surface area contributed by atoms with Crippen molar-refractivity contribution in [3.05, 3.63) is 134 Å². The van der Waals surface area contributed by atoms with Crippen LogP contribution in [0.25, 0.3) is 28.2 Å². The lowest BCUT2D eigenvalue weighted by molar-refractivity contribution is -0.0260. The van der Waals surface area contributed by atoms with E-state index in [-0.39, 0.29) is 34.2 Å². The minimum atomic E-state index is -0.801. The standard InChI is InChI=1S/C26H26O6.C21H23ClFNO2/c1-14(2)6-11-17-22-18(12-13-26(3,4)32-22)24-20(23(17)30-5)21(28)19(25(29)31-24)15-7-9-16(27)10-8-15;22-18-7-5-17(6-8-18)21(26)11-14-24(15-12-21)13-1-2-20(25)16-3-9-19(23)10-4-16/h6-10,12-13,27-28H,11H2,1-5H3;3-10,26H,1-2,11-15H2. The van der Waals surface area contributed by atoms with Gasteiger partial charge in [-0.2, -0.15) is 0 Å². The number of piperidine rings is 1. The van der Waals surface area contributed by atoms with Crippen molar-refractivity contribution in [2.45, 2.75) is 71.0 Å². The zero-order valence-corrected chi connectivity index (χ0v) is 34.2. The molecule has 1 fully saturated rings. The van der Waals surface area contributed by atoms with Gasteiger partial charge in [0.1, 0.15) is 45.4 Å². The van der Waals surface area contributed by atoms with E-state index in [9.17, 15) is 29.3 Å². The molecule has 7 rings (SSSR count). The fraction of sp³-hybridized carbons (Fsp3) is 0.319. The van der Waals surface area contributed by atoms with Crippen molar-refractivity contribution in [1.29, 1.82) is 0 Å². The zero-order chi connectivity index (χ0) is 41.8. The first-order valence-corrected chi connectivity index (χ1v) is 19.7. The van der Waals surface area contributed by atoms with Crippen LogP contribution in [0.2, 0.25) is 5.02 Å². The van der Waals surface area contributed by atoms with Gasteiger partial charge in [0.15, 0.2) is 11.4 Å². The number of fused-ring (bicyclic) bond motifs is 3. The van der Waals surface area contributed by atoms with Gasteiger partial charge in [-0.15, -0.1) is 0 Å². The van der Waals surface area contributed by atoms with E-state index in [4.69, 9.17) is 25.5 Å². The average molecular weight is 810 g/mol. The van der Waals surface area contributed by atoms with Gasteiger partial charge in [0, 0.05) is 35.7 Å². The Bertz CT molecular complexity index is 2390. The number of hydrogen-bond donors (Lipinski definition) is 3. The molecular formula is C47H49ClFNO8. The van der Waals surface area contributed by atoms with Crippen LogP contribution in [0.5, 0.6) is 23.0 Å². The second-order valence-corrected chi connectivity index (χ2v) is 16.0. The van der Waals surface area contributed by atoms with Crippen molar-refractivity contribution in [2.24, 2.45) is 0 Å². The van der Waals surface area contributed by atoms with E-state index in [1.807, 2.05) is 64.1 Å². The maximum absolute atomic E-state index is 12.9. The SMILES string of the molecule is COc1c(CC=C(C)C)c2c(c3oc(=O)c(-c4ccc(O)cc4)c(O)c13)C=CC(C)(C)O2.O=C(CCCN1CCC(O)(c2ccc(Cl)cc2)CC1)c1ccc(F)cc1. The summed E-state index contributed by atoms with van der Waals surface area (Å²) in [6.45, 7) is 10.3. The fourth-order valence-electron chi connectivity index (χ4n) is 7.33. The van der Waals surface area contributed by atoms with Gasteiger partial charge in [-0.3, -0.25) is 4.79 Å². The number of rotatable bonds is 10. The number of allylic oxidation sites excluding steroid dienone is 2. The summed E-state index contributed by atoms with van der Waals surface area (Å²) < 4.78 is 30.7. The third-order valence-corrected chi connectivity index (χ3v) is 10.8. The highest BCUT2D eigenvalue weighted by molar-refractivity contribution is 6.30. The van der Waals surface area contributed by atoms with Crippen LogP contribution in [0.4, 0.5) is 4.39 Å². The smallest absolute Gasteiger partial charge is 0.348 e. The first kappa shape index (κ1) is 42.2. The lowest BCUT2D eigenvalue weighted by Crippen LogP contribution is -2.42. The maximum atomic E-state index is 12.9. The summed E-state index contributed by atoms with van der Waals surface area (Å²) in [4.78, 5) is 27.3. The molecule has 0 atom stereocenters. The molecule has 304 valence electrons. The highest BCUT2D eigenvalue weighted by Gasteiger charge is 2.34. The third-order valence-electron chi connectivity index (χ3n) is 10.6. The molecule has 0 saturated carbocycles. The van der Waals surface area contributed by atoms with Gasteiger partial charge in [0.05, 0.1) is 18.3 Å². The van der Waals surface area contributed by atoms with E-state index in [1.54, 1.807) is 12.1 Å². The van der Waals surface area contributed by atoms with Gasteiger partial charge in [-0.25, -0.2) is 9.18 Å². The fourth-order valence-corrected chi connectivity index (χ4v) is 7.46. The molecule has 2 aliphatic rings. The molecule has 9 nitrogen and oxygen atoms in total. The number of carbonyl (C=O) groups is 1. The second kappa shape index (κ2) is 17.6. The molecule has 0 amide bonds. The molecule has 5 aromatic rings. The first-order valence-electron chi connectivity index (χ1n) is 19.3. The molecular weight excluding hydrogens is 761 g/mol. The Hall–Kier alpha value is -5.42. The van der Waals surface area contributed by atoms with E-state index in [0.29, 0.717) is 64.3 Å². The Kier molecular flexibility index (Phi) is 12.8. The number of ether oxygens (including phenoxy) is 2.